The average Bonchev–Trinajstić information content (AvgIpc) is 2.97. The molecule has 0 radical (unpaired) electrons. The number of para-hydroxylation sites is 1. The van der Waals surface area contributed by atoms with Crippen molar-refractivity contribution in [3.05, 3.63) is 134 Å². The van der Waals surface area contributed by atoms with Crippen LogP contribution in [-0.4, -0.2) is 20.4 Å². The molecule has 0 aliphatic carbocycles. The Balaban J connectivity index is 0.00000294. The maximum Gasteiger partial charge on any atom is 0.178 e. The van der Waals surface area contributed by atoms with Crippen molar-refractivity contribution in [1.82, 2.24) is 15.0 Å². The van der Waals surface area contributed by atoms with Gasteiger partial charge < -0.3 is 5.48 Å². The number of hydrogen-bond acceptors (Lipinski definition) is 3. The standard InChI is InChI=1S/C33H24N3P.H2O/c1-3-23-19-20-29-31(27(23)4-2)28-17-11-12-18-30(28)36-32(29)33-34-21-26(22-35-33)37(24-13-7-5-8-14-24)25-15-9-6-10-16-25;/h3-22H,1-2H2;1H2. The highest BCUT2D eigenvalue weighted by Crippen LogP contribution is 2.36. The van der Waals surface area contributed by atoms with Gasteiger partial charge in [-0.15, -0.1) is 0 Å². The van der Waals surface area contributed by atoms with Crippen molar-refractivity contribution in [3.8, 4) is 11.5 Å². The van der Waals surface area contributed by atoms with Gasteiger partial charge in [-0.2, -0.15) is 0 Å². The maximum absolute atomic E-state index is 5.02. The fourth-order valence-electron chi connectivity index (χ4n) is 4.82. The lowest BCUT2D eigenvalue weighted by Gasteiger charge is -2.19. The number of pyridine rings is 1. The summed E-state index contributed by atoms with van der Waals surface area (Å²) in [7, 11) is -0.774. The molecule has 2 aromatic heterocycles. The van der Waals surface area contributed by atoms with E-state index in [4.69, 9.17) is 15.0 Å². The summed E-state index contributed by atoms with van der Waals surface area (Å²) in [5.41, 5.74) is 3.75. The van der Waals surface area contributed by atoms with Gasteiger partial charge in [0, 0.05) is 33.9 Å². The van der Waals surface area contributed by atoms with Crippen molar-refractivity contribution >= 4 is 57.7 Å². The van der Waals surface area contributed by atoms with E-state index in [1.54, 1.807) is 0 Å². The molecule has 5 heteroatoms. The molecule has 0 unspecified atom stereocenters. The Kier molecular flexibility index (Phi) is 7.19. The number of benzene rings is 4. The van der Waals surface area contributed by atoms with Crippen molar-refractivity contribution in [2.24, 2.45) is 0 Å². The van der Waals surface area contributed by atoms with Gasteiger partial charge in [0.2, 0.25) is 0 Å². The zero-order chi connectivity index (χ0) is 25.2. The molecule has 0 saturated heterocycles. The summed E-state index contributed by atoms with van der Waals surface area (Å²) < 4.78 is 0. The fraction of sp³-hybridized carbons (Fsp3) is 0. The maximum atomic E-state index is 5.02. The first kappa shape index (κ1) is 25.2. The monoisotopic (exact) mass is 511 g/mol. The summed E-state index contributed by atoms with van der Waals surface area (Å²) in [5.74, 6) is 0.608. The fourth-order valence-corrected chi connectivity index (χ4v) is 7.00. The van der Waals surface area contributed by atoms with Gasteiger partial charge in [0.15, 0.2) is 5.82 Å². The van der Waals surface area contributed by atoms with Crippen molar-refractivity contribution < 1.29 is 5.48 Å². The molecule has 0 bridgehead atoms. The predicted molar refractivity (Wildman–Crippen MR) is 163 cm³/mol. The van der Waals surface area contributed by atoms with Crippen LogP contribution in [-0.2, 0) is 0 Å². The van der Waals surface area contributed by atoms with Gasteiger partial charge >= 0.3 is 0 Å². The molecule has 6 rings (SSSR count). The van der Waals surface area contributed by atoms with Gasteiger partial charge in [-0.25, -0.2) is 15.0 Å². The van der Waals surface area contributed by atoms with Crippen LogP contribution in [0.5, 0.6) is 0 Å². The topological polar surface area (TPSA) is 70.2 Å². The molecular formula is C33H26N3OP. The molecule has 184 valence electrons. The van der Waals surface area contributed by atoms with Gasteiger partial charge in [-0.05, 0) is 35.7 Å². The normalized spacial score (nSPS) is 10.9. The second-order valence-electron chi connectivity index (χ2n) is 8.65. The minimum Gasteiger partial charge on any atom is -0.412 e. The minimum atomic E-state index is -0.774. The average molecular weight is 512 g/mol. The van der Waals surface area contributed by atoms with Crippen LogP contribution < -0.4 is 15.9 Å². The zero-order valence-electron chi connectivity index (χ0n) is 20.8. The summed E-state index contributed by atoms with van der Waals surface area (Å²) in [6, 6.07) is 33.5. The lowest BCUT2D eigenvalue weighted by Crippen LogP contribution is -2.21. The Hall–Kier alpha value is -4.50. The molecule has 0 spiro atoms. The molecule has 4 nitrogen and oxygen atoms in total. The van der Waals surface area contributed by atoms with Crippen LogP contribution in [0.4, 0.5) is 0 Å². The van der Waals surface area contributed by atoms with E-state index < -0.39 is 7.92 Å². The highest BCUT2D eigenvalue weighted by Gasteiger charge is 2.19. The minimum absolute atomic E-state index is 0. The van der Waals surface area contributed by atoms with E-state index in [0.717, 1.165) is 43.8 Å². The van der Waals surface area contributed by atoms with Crippen molar-refractivity contribution in [2.45, 2.75) is 0 Å². The number of rotatable bonds is 6. The number of fused-ring (bicyclic) bond motifs is 3. The summed E-state index contributed by atoms with van der Waals surface area (Å²) in [4.78, 5) is 14.8. The largest absolute Gasteiger partial charge is 0.412 e. The van der Waals surface area contributed by atoms with E-state index >= 15 is 0 Å². The van der Waals surface area contributed by atoms with Crippen LogP contribution in [0, 0.1) is 0 Å². The predicted octanol–water partition coefficient (Wildman–Crippen LogP) is 6.06. The van der Waals surface area contributed by atoms with Gasteiger partial charge in [0.05, 0.1) is 5.52 Å². The molecule has 4 aromatic carbocycles. The van der Waals surface area contributed by atoms with E-state index in [0.29, 0.717) is 5.82 Å². The van der Waals surface area contributed by atoms with Crippen LogP contribution in [0.15, 0.2) is 123 Å². The SMILES string of the molecule is C=Cc1ccc2c(-c3ncc(P(c4ccccc4)c4ccccc4)cn3)nc3ccccc3c2c1C=C.O. The summed E-state index contributed by atoms with van der Waals surface area (Å²) in [6.45, 7) is 8.09. The second kappa shape index (κ2) is 10.9. The van der Waals surface area contributed by atoms with Crippen LogP contribution in [0.1, 0.15) is 11.1 Å². The number of hydrogen-bond donors (Lipinski definition) is 0. The number of nitrogens with zero attached hydrogens (tertiary/aromatic N) is 3. The first-order valence-corrected chi connectivity index (χ1v) is 13.5. The van der Waals surface area contributed by atoms with Gasteiger partial charge in [0.25, 0.3) is 0 Å². The molecule has 0 aliphatic rings. The quantitative estimate of drug-likeness (QED) is 0.201. The lowest BCUT2D eigenvalue weighted by atomic mass is 9.94. The zero-order valence-corrected chi connectivity index (χ0v) is 21.6. The van der Waals surface area contributed by atoms with Crippen LogP contribution in [0.3, 0.4) is 0 Å². The Morgan fingerprint density at radius 3 is 1.82 bits per heavy atom. The van der Waals surface area contributed by atoms with Crippen molar-refractivity contribution in [3.63, 3.8) is 0 Å². The van der Waals surface area contributed by atoms with Gasteiger partial charge in [-0.1, -0.05) is 116 Å². The second-order valence-corrected chi connectivity index (χ2v) is 10.9. The smallest absolute Gasteiger partial charge is 0.178 e. The lowest BCUT2D eigenvalue weighted by molar-refractivity contribution is 0.824. The Morgan fingerprint density at radius 2 is 1.21 bits per heavy atom. The third-order valence-electron chi connectivity index (χ3n) is 6.50. The Morgan fingerprint density at radius 1 is 0.605 bits per heavy atom. The molecular weight excluding hydrogens is 485 g/mol. The summed E-state index contributed by atoms with van der Waals surface area (Å²) >= 11 is 0. The van der Waals surface area contributed by atoms with Crippen LogP contribution in [0.25, 0.3) is 45.3 Å². The number of aromatic nitrogens is 3. The van der Waals surface area contributed by atoms with E-state index in [-0.39, 0.29) is 5.48 Å². The molecule has 0 atom stereocenters. The molecule has 0 saturated carbocycles. The van der Waals surface area contributed by atoms with Crippen molar-refractivity contribution in [2.75, 3.05) is 0 Å². The van der Waals surface area contributed by atoms with Crippen LogP contribution >= 0.6 is 7.92 Å². The first-order valence-electron chi connectivity index (χ1n) is 12.1. The molecule has 38 heavy (non-hydrogen) atoms. The summed E-state index contributed by atoms with van der Waals surface area (Å²) in [6.07, 6.45) is 7.69. The molecule has 0 amide bonds. The molecule has 0 fully saturated rings. The van der Waals surface area contributed by atoms with E-state index in [2.05, 4.69) is 79.9 Å². The third-order valence-corrected chi connectivity index (χ3v) is 8.88. The molecule has 2 heterocycles. The van der Waals surface area contributed by atoms with E-state index in [1.165, 1.54) is 10.6 Å². The van der Waals surface area contributed by atoms with Crippen LogP contribution in [0.2, 0.25) is 0 Å². The highest BCUT2D eigenvalue weighted by molar-refractivity contribution is 7.79. The summed E-state index contributed by atoms with van der Waals surface area (Å²) in [5, 5.41) is 6.80. The Labute approximate surface area is 223 Å². The molecule has 2 N–H and O–H groups in total. The van der Waals surface area contributed by atoms with E-state index in [1.807, 2.05) is 54.9 Å². The molecule has 6 aromatic rings. The van der Waals surface area contributed by atoms with Gasteiger partial charge in [-0.3, -0.25) is 0 Å². The molecule has 0 aliphatic heterocycles. The third kappa shape index (κ3) is 4.41. The Bertz CT molecular complexity index is 1710. The van der Waals surface area contributed by atoms with Gasteiger partial charge in [0.1, 0.15) is 5.69 Å². The van der Waals surface area contributed by atoms with E-state index in [9.17, 15) is 0 Å². The first-order chi connectivity index (χ1) is 18.3. The van der Waals surface area contributed by atoms with Crippen molar-refractivity contribution in [1.29, 1.82) is 0 Å². The highest BCUT2D eigenvalue weighted by atomic mass is 31.1.